The number of aryl methyl sites for hydroxylation is 1. The van der Waals surface area contributed by atoms with Gasteiger partial charge in [-0.25, -0.2) is 0 Å². The van der Waals surface area contributed by atoms with E-state index >= 15 is 0 Å². The summed E-state index contributed by atoms with van der Waals surface area (Å²) in [5.74, 6) is -0.412. The maximum atomic E-state index is 12.9. The molecule has 0 unspecified atom stereocenters. The van der Waals surface area contributed by atoms with Crippen molar-refractivity contribution in [1.82, 2.24) is 15.1 Å². The molecule has 5 nitrogen and oxygen atoms in total. The molecule has 1 amide bonds. The van der Waals surface area contributed by atoms with Crippen molar-refractivity contribution in [3.05, 3.63) is 17.5 Å². The van der Waals surface area contributed by atoms with Crippen molar-refractivity contribution in [1.29, 1.82) is 0 Å². The van der Waals surface area contributed by atoms with Crippen molar-refractivity contribution in [2.75, 3.05) is 6.61 Å². The minimum Gasteiger partial charge on any atom is -0.377 e. The molecule has 1 aromatic rings. The Bertz CT molecular complexity index is 555. The third-order valence-corrected chi connectivity index (χ3v) is 3.99. The smallest absolute Gasteiger partial charge is 0.377 e. The predicted molar refractivity (Wildman–Crippen MR) is 77.4 cm³/mol. The van der Waals surface area contributed by atoms with E-state index in [1.165, 1.54) is 13.2 Å². The molecule has 1 fully saturated rings. The molecular formula is C15H22F3N3O2. The Morgan fingerprint density at radius 2 is 2.22 bits per heavy atom. The van der Waals surface area contributed by atoms with Crippen molar-refractivity contribution in [3.8, 4) is 0 Å². The maximum Gasteiger partial charge on any atom is 0.435 e. The van der Waals surface area contributed by atoms with E-state index in [4.69, 9.17) is 4.74 Å². The lowest BCUT2D eigenvalue weighted by Crippen LogP contribution is -2.43. The lowest BCUT2D eigenvalue weighted by molar-refractivity contribution is -0.143. The van der Waals surface area contributed by atoms with E-state index in [1.54, 1.807) is 0 Å². The van der Waals surface area contributed by atoms with Crippen LogP contribution in [0.3, 0.4) is 0 Å². The monoisotopic (exact) mass is 333 g/mol. The van der Waals surface area contributed by atoms with Gasteiger partial charge in [-0.1, -0.05) is 13.8 Å². The summed E-state index contributed by atoms with van der Waals surface area (Å²) in [6, 6.07) is 0. The van der Waals surface area contributed by atoms with Crippen molar-refractivity contribution >= 4 is 5.91 Å². The average molecular weight is 333 g/mol. The van der Waals surface area contributed by atoms with Crippen LogP contribution in [0.1, 0.15) is 37.9 Å². The van der Waals surface area contributed by atoms with Gasteiger partial charge in [0.15, 0.2) is 5.69 Å². The number of halogens is 3. The molecule has 0 spiro atoms. The van der Waals surface area contributed by atoms with Gasteiger partial charge in [-0.05, 0) is 18.8 Å². The first-order chi connectivity index (χ1) is 10.7. The largest absolute Gasteiger partial charge is 0.435 e. The summed E-state index contributed by atoms with van der Waals surface area (Å²) in [6.07, 6.45) is -1.98. The first kappa shape index (κ1) is 17.8. The molecule has 2 rings (SSSR count). The molecular weight excluding hydrogens is 311 g/mol. The summed E-state index contributed by atoms with van der Waals surface area (Å²) in [7, 11) is 1.42. The van der Waals surface area contributed by atoms with Gasteiger partial charge in [0.1, 0.15) is 0 Å². The van der Waals surface area contributed by atoms with E-state index in [2.05, 4.69) is 10.4 Å². The van der Waals surface area contributed by atoms with Crippen LogP contribution in [0, 0.1) is 11.8 Å². The van der Waals surface area contributed by atoms with E-state index in [0.717, 1.165) is 11.1 Å². The Labute approximate surface area is 133 Å². The van der Waals surface area contributed by atoms with Crippen LogP contribution >= 0.6 is 0 Å². The van der Waals surface area contributed by atoms with Crippen LogP contribution in [-0.4, -0.2) is 28.4 Å². The van der Waals surface area contributed by atoms with E-state index in [-0.39, 0.29) is 36.0 Å². The number of nitrogens with one attached hydrogen (secondary N) is 1. The van der Waals surface area contributed by atoms with Crippen molar-refractivity contribution in [2.24, 2.45) is 18.9 Å². The fraction of sp³-hybridized carbons (Fsp3) is 0.733. The van der Waals surface area contributed by atoms with Gasteiger partial charge < -0.3 is 10.1 Å². The van der Waals surface area contributed by atoms with Gasteiger partial charge in [0.25, 0.3) is 0 Å². The van der Waals surface area contributed by atoms with E-state index in [9.17, 15) is 18.0 Å². The minimum absolute atomic E-state index is 0.0359. The van der Waals surface area contributed by atoms with Crippen LogP contribution in [0.25, 0.3) is 0 Å². The Morgan fingerprint density at radius 1 is 1.52 bits per heavy atom. The molecule has 1 N–H and O–H groups in total. The Morgan fingerprint density at radius 3 is 2.83 bits per heavy atom. The number of carbonyl (C=O) groups excluding carboxylic acids is 1. The van der Waals surface area contributed by atoms with Gasteiger partial charge in [-0.2, -0.15) is 18.3 Å². The quantitative estimate of drug-likeness (QED) is 0.921. The van der Waals surface area contributed by atoms with Gasteiger partial charge >= 0.3 is 6.18 Å². The molecule has 0 saturated carbocycles. The molecule has 8 heteroatoms. The first-order valence-corrected chi connectivity index (χ1v) is 7.69. The zero-order chi connectivity index (χ0) is 17.2. The molecule has 23 heavy (non-hydrogen) atoms. The number of hydrogen-bond donors (Lipinski definition) is 1. The molecule has 0 bridgehead atoms. The molecule has 1 saturated heterocycles. The summed E-state index contributed by atoms with van der Waals surface area (Å²) in [5, 5.41) is 6.04. The van der Waals surface area contributed by atoms with Gasteiger partial charge in [0, 0.05) is 32.0 Å². The number of alkyl halides is 3. The van der Waals surface area contributed by atoms with E-state index < -0.39 is 11.9 Å². The van der Waals surface area contributed by atoms with Gasteiger partial charge in [-0.3, -0.25) is 9.48 Å². The Kier molecular flexibility index (Phi) is 5.33. The summed E-state index contributed by atoms with van der Waals surface area (Å²) >= 11 is 0. The van der Waals surface area contributed by atoms with Crippen LogP contribution in [0.2, 0.25) is 0 Å². The van der Waals surface area contributed by atoms with Crippen LogP contribution in [0.15, 0.2) is 6.20 Å². The van der Waals surface area contributed by atoms with Crippen molar-refractivity contribution < 1.29 is 22.7 Å². The normalized spacial score (nSPS) is 22.4. The summed E-state index contributed by atoms with van der Waals surface area (Å²) in [6.45, 7) is 4.37. The number of hydrogen-bond acceptors (Lipinski definition) is 3. The lowest BCUT2D eigenvalue weighted by atomic mass is 9.87. The number of rotatable bonds is 4. The van der Waals surface area contributed by atoms with Crippen LogP contribution in [0.4, 0.5) is 13.2 Å². The highest BCUT2D eigenvalue weighted by atomic mass is 19.4. The van der Waals surface area contributed by atoms with Crippen molar-refractivity contribution in [2.45, 2.75) is 45.5 Å². The van der Waals surface area contributed by atoms with Crippen LogP contribution in [0.5, 0.6) is 0 Å². The highest BCUT2D eigenvalue weighted by molar-refractivity contribution is 5.79. The molecule has 130 valence electrons. The second-order valence-electron chi connectivity index (χ2n) is 6.22. The average Bonchev–Trinajstić information content (AvgIpc) is 2.86. The number of nitrogens with zero attached hydrogens (tertiary/aromatic N) is 2. The summed E-state index contributed by atoms with van der Waals surface area (Å²) in [5.41, 5.74) is -0.994. The van der Waals surface area contributed by atoms with E-state index in [0.29, 0.717) is 13.0 Å². The zero-order valence-corrected chi connectivity index (χ0v) is 13.5. The fourth-order valence-corrected chi connectivity index (χ4v) is 2.96. The Balaban J connectivity index is 2.04. The number of amides is 1. The molecule has 1 aromatic heterocycles. The molecule has 2 heterocycles. The second kappa shape index (κ2) is 6.90. The molecule has 1 aliphatic heterocycles. The van der Waals surface area contributed by atoms with Gasteiger partial charge in [0.2, 0.25) is 5.91 Å². The molecule has 2 atom stereocenters. The summed E-state index contributed by atoms with van der Waals surface area (Å²) < 4.78 is 45.5. The topological polar surface area (TPSA) is 56.1 Å². The predicted octanol–water partition coefficient (Wildman–Crippen LogP) is 2.51. The maximum absolute atomic E-state index is 12.9. The number of ether oxygens (including phenoxy) is 1. The fourth-order valence-electron chi connectivity index (χ4n) is 2.96. The van der Waals surface area contributed by atoms with Crippen LogP contribution < -0.4 is 5.32 Å². The highest BCUT2D eigenvalue weighted by Crippen LogP contribution is 2.31. The molecule has 0 aromatic carbocycles. The SMILES string of the molecule is CC(C)[C@@H]1OCCC[C@H]1C(=O)NCc1cn(C)nc1C(F)(F)F. The molecule has 0 radical (unpaired) electrons. The first-order valence-electron chi connectivity index (χ1n) is 7.69. The zero-order valence-electron chi connectivity index (χ0n) is 13.5. The van der Waals surface area contributed by atoms with Crippen molar-refractivity contribution in [3.63, 3.8) is 0 Å². The number of carbonyl (C=O) groups is 1. The molecule has 0 aliphatic carbocycles. The number of aromatic nitrogens is 2. The van der Waals surface area contributed by atoms with Gasteiger partial charge in [0.05, 0.1) is 12.0 Å². The van der Waals surface area contributed by atoms with Gasteiger partial charge in [-0.15, -0.1) is 0 Å². The second-order valence-corrected chi connectivity index (χ2v) is 6.22. The molecule has 1 aliphatic rings. The third-order valence-electron chi connectivity index (χ3n) is 3.99. The standard InChI is InChI=1S/C15H22F3N3O2/c1-9(2)12-11(5-4-6-23-12)14(22)19-7-10-8-21(3)20-13(10)15(16,17)18/h8-9,11-12H,4-7H2,1-3H3,(H,19,22)/t11-,12+/m1/s1. The highest BCUT2D eigenvalue weighted by Gasteiger charge is 2.38. The minimum atomic E-state index is -4.53. The Hall–Kier alpha value is -1.57. The third kappa shape index (κ3) is 4.25. The van der Waals surface area contributed by atoms with Crippen LogP contribution in [-0.2, 0) is 29.3 Å². The summed E-state index contributed by atoms with van der Waals surface area (Å²) in [4.78, 5) is 12.4. The lowest BCUT2D eigenvalue weighted by Gasteiger charge is -2.33. The van der Waals surface area contributed by atoms with E-state index in [1.807, 2.05) is 13.8 Å².